The Labute approximate surface area is 152 Å². The molecule has 1 amide bonds. The molecule has 26 heavy (non-hydrogen) atoms. The van der Waals surface area contributed by atoms with E-state index in [2.05, 4.69) is 17.2 Å². The number of aromatic nitrogens is 2. The van der Waals surface area contributed by atoms with Crippen LogP contribution in [0.5, 0.6) is 5.75 Å². The van der Waals surface area contributed by atoms with Gasteiger partial charge in [0.25, 0.3) is 5.91 Å². The minimum atomic E-state index is 0.0529. The van der Waals surface area contributed by atoms with Crippen molar-refractivity contribution < 1.29 is 9.53 Å². The fourth-order valence-corrected chi connectivity index (χ4v) is 3.24. The van der Waals surface area contributed by atoms with E-state index in [-0.39, 0.29) is 11.9 Å². The van der Waals surface area contributed by atoms with Crippen LogP contribution in [-0.2, 0) is 6.61 Å². The van der Waals surface area contributed by atoms with Crippen LogP contribution in [0.3, 0.4) is 0 Å². The molecular formula is C20H22N4O2. The fraction of sp³-hybridized carbons (Fsp3) is 0.300. The molecule has 3 heterocycles. The highest BCUT2D eigenvalue weighted by Gasteiger charge is 2.24. The summed E-state index contributed by atoms with van der Waals surface area (Å²) in [4.78, 5) is 19.2. The van der Waals surface area contributed by atoms with Crippen molar-refractivity contribution in [2.45, 2.75) is 19.6 Å². The van der Waals surface area contributed by atoms with E-state index in [4.69, 9.17) is 4.74 Å². The van der Waals surface area contributed by atoms with Crippen LogP contribution in [0.4, 0.5) is 0 Å². The van der Waals surface area contributed by atoms with E-state index in [1.54, 1.807) is 0 Å². The summed E-state index contributed by atoms with van der Waals surface area (Å²) in [6.07, 6.45) is 3.91. The highest BCUT2D eigenvalue weighted by atomic mass is 16.5. The highest BCUT2D eigenvalue weighted by Crippen LogP contribution is 2.18. The molecule has 1 aliphatic heterocycles. The van der Waals surface area contributed by atoms with Crippen molar-refractivity contribution in [1.82, 2.24) is 19.6 Å². The Morgan fingerprint density at radius 2 is 2.23 bits per heavy atom. The van der Waals surface area contributed by atoms with E-state index in [1.807, 2.05) is 64.2 Å². The molecule has 0 bridgehead atoms. The van der Waals surface area contributed by atoms with Gasteiger partial charge < -0.3 is 19.4 Å². The van der Waals surface area contributed by atoms with Crippen LogP contribution >= 0.6 is 0 Å². The first-order valence-electron chi connectivity index (χ1n) is 8.88. The quantitative estimate of drug-likeness (QED) is 0.785. The lowest BCUT2D eigenvalue weighted by Gasteiger charge is -2.34. The molecule has 0 unspecified atom stereocenters. The van der Waals surface area contributed by atoms with E-state index >= 15 is 0 Å². The first kappa shape index (κ1) is 16.6. The lowest BCUT2D eigenvalue weighted by Crippen LogP contribution is -2.52. The van der Waals surface area contributed by atoms with Gasteiger partial charge in [0.2, 0.25) is 0 Å². The van der Waals surface area contributed by atoms with Crippen molar-refractivity contribution in [3.63, 3.8) is 0 Å². The van der Waals surface area contributed by atoms with Crippen molar-refractivity contribution in [2.24, 2.45) is 0 Å². The molecule has 134 valence electrons. The van der Waals surface area contributed by atoms with E-state index in [9.17, 15) is 4.79 Å². The van der Waals surface area contributed by atoms with Crippen molar-refractivity contribution in [3.8, 4) is 5.75 Å². The van der Waals surface area contributed by atoms with Crippen molar-refractivity contribution in [1.29, 1.82) is 0 Å². The summed E-state index contributed by atoms with van der Waals surface area (Å²) in [7, 11) is 0. The summed E-state index contributed by atoms with van der Waals surface area (Å²) in [5.74, 6) is 0.730. The van der Waals surface area contributed by atoms with E-state index in [0.29, 0.717) is 17.9 Å². The zero-order valence-electron chi connectivity index (χ0n) is 14.8. The van der Waals surface area contributed by atoms with Gasteiger partial charge in [0, 0.05) is 43.6 Å². The summed E-state index contributed by atoms with van der Waals surface area (Å²) in [5.41, 5.74) is 2.40. The number of hydrogen-bond donors (Lipinski definition) is 1. The van der Waals surface area contributed by atoms with Crippen LogP contribution in [0.15, 0.2) is 54.9 Å². The summed E-state index contributed by atoms with van der Waals surface area (Å²) < 4.78 is 7.83. The number of carbonyl (C=O) groups is 1. The van der Waals surface area contributed by atoms with Gasteiger partial charge in [-0.25, -0.2) is 4.98 Å². The third kappa shape index (κ3) is 3.41. The minimum absolute atomic E-state index is 0.0529. The number of benzene rings is 1. The predicted octanol–water partition coefficient (Wildman–Crippen LogP) is 2.35. The molecule has 0 aliphatic carbocycles. The molecular weight excluding hydrogens is 328 g/mol. The SMILES string of the molecule is C[C@@H]1CNCCN1C(=O)c1cccc(OCc2cn3ccccc3n2)c1. The van der Waals surface area contributed by atoms with Gasteiger partial charge in [0.1, 0.15) is 18.0 Å². The fourth-order valence-electron chi connectivity index (χ4n) is 3.24. The standard InChI is InChI=1S/C20H22N4O2/c1-15-12-21-8-10-24(15)20(25)16-5-4-6-18(11-16)26-14-17-13-23-9-3-2-7-19(23)22-17/h2-7,9,11,13,15,21H,8,10,12,14H2,1H3/t15-/m1/s1. The number of pyridine rings is 1. The molecule has 1 fully saturated rings. The summed E-state index contributed by atoms with van der Waals surface area (Å²) in [6.45, 7) is 4.82. The molecule has 1 N–H and O–H groups in total. The summed E-state index contributed by atoms with van der Waals surface area (Å²) in [6, 6.07) is 13.5. The first-order chi connectivity index (χ1) is 12.7. The Kier molecular flexibility index (Phi) is 4.58. The second kappa shape index (κ2) is 7.17. The van der Waals surface area contributed by atoms with Crippen LogP contribution < -0.4 is 10.1 Å². The third-order valence-corrected chi connectivity index (χ3v) is 4.64. The lowest BCUT2D eigenvalue weighted by atomic mass is 10.1. The van der Waals surface area contributed by atoms with Gasteiger partial charge in [-0.1, -0.05) is 12.1 Å². The molecule has 1 aromatic carbocycles. The Bertz CT molecular complexity index is 888. The smallest absolute Gasteiger partial charge is 0.254 e. The molecule has 0 saturated carbocycles. The Morgan fingerprint density at radius 3 is 3.08 bits per heavy atom. The summed E-state index contributed by atoms with van der Waals surface area (Å²) in [5, 5.41) is 3.30. The molecule has 0 spiro atoms. The van der Waals surface area contributed by atoms with E-state index in [0.717, 1.165) is 31.0 Å². The number of amides is 1. The zero-order chi connectivity index (χ0) is 17.9. The van der Waals surface area contributed by atoms with Gasteiger partial charge in [-0.15, -0.1) is 0 Å². The van der Waals surface area contributed by atoms with Gasteiger partial charge in [-0.2, -0.15) is 0 Å². The number of nitrogens with one attached hydrogen (secondary N) is 1. The van der Waals surface area contributed by atoms with Crippen molar-refractivity contribution in [3.05, 3.63) is 66.1 Å². The highest BCUT2D eigenvalue weighted by molar-refractivity contribution is 5.94. The number of piperazine rings is 1. The van der Waals surface area contributed by atoms with Crippen molar-refractivity contribution in [2.75, 3.05) is 19.6 Å². The number of ether oxygens (including phenoxy) is 1. The first-order valence-corrected chi connectivity index (χ1v) is 8.88. The van der Waals surface area contributed by atoms with E-state index < -0.39 is 0 Å². The number of hydrogen-bond acceptors (Lipinski definition) is 4. The minimum Gasteiger partial charge on any atom is -0.487 e. The molecule has 3 aromatic rings. The Hall–Kier alpha value is -2.86. The lowest BCUT2D eigenvalue weighted by molar-refractivity contribution is 0.0655. The molecule has 6 nitrogen and oxygen atoms in total. The van der Waals surface area contributed by atoms with Crippen LogP contribution in [0.1, 0.15) is 23.0 Å². The Balaban J connectivity index is 1.46. The van der Waals surface area contributed by atoms with Crippen molar-refractivity contribution >= 4 is 11.6 Å². The molecule has 0 radical (unpaired) electrons. The van der Waals surface area contributed by atoms with Crippen LogP contribution in [-0.4, -0.2) is 45.9 Å². The Morgan fingerprint density at radius 1 is 1.31 bits per heavy atom. The average molecular weight is 350 g/mol. The number of fused-ring (bicyclic) bond motifs is 1. The maximum Gasteiger partial charge on any atom is 0.254 e. The molecule has 1 aliphatic rings. The molecule has 6 heteroatoms. The largest absolute Gasteiger partial charge is 0.487 e. The van der Waals surface area contributed by atoms with Crippen LogP contribution in [0.25, 0.3) is 5.65 Å². The molecule has 2 aromatic heterocycles. The van der Waals surface area contributed by atoms with Crippen LogP contribution in [0.2, 0.25) is 0 Å². The topological polar surface area (TPSA) is 58.9 Å². The third-order valence-electron chi connectivity index (χ3n) is 4.64. The van der Waals surface area contributed by atoms with Gasteiger partial charge in [-0.3, -0.25) is 4.79 Å². The molecule has 4 rings (SSSR count). The van der Waals surface area contributed by atoms with Gasteiger partial charge in [0.15, 0.2) is 0 Å². The van der Waals surface area contributed by atoms with E-state index in [1.165, 1.54) is 0 Å². The average Bonchev–Trinajstić information content (AvgIpc) is 3.09. The monoisotopic (exact) mass is 350 g/mol. The molecule has 1 saturated heterocycles. The van der Waals surface area contributed by atoms with Crippen LogP contribution in [0, 0.1) is 0 Å². The maximum absolute atomic E-state index is 12.8. The number of carbonyl (C=O) groups excluding carboxylic acids is 1. The van der Waals surface area contributed by atoms with Gasteiger partial charge in [0.05, 0.1) is 5.69 Å². The predicted molar refractivity (Wildman–Crippen MR) is 99.3 cm³/mol. The number of rotatable bonds is 4. The van der Waals surface area contributed by atoms with Gasteiger partial charge >= 0.3 is 0 Å². The number of nitrogens with zero attached hydrogens (tertiary/aromatic N) is 3. The second-order valence-electron chi connectivity index (χ2n) is 6.57. The second-order valence-corrected chi connectivity index (χ2v) is 6.57. The normalized spacial score (nSPS) is 17.4. The molecule has 1 atom stereocenters. The van der Waals surface area contributed by atoms with Gasteiger partial charge in [-0.05, 0) is 37.3 Å². The maximum atomic E-state index is 12.8. The zero-order valence-corrected chi connectivity index (χ0v) is 14.8. The number of imidazole rings is 1. The summed E-state index contributed by atoms with van der Waals surface area (Å²) >= 11 is 0.